The van der Waals surface area contributed by atoms with E-state index < -0.39 is 0 Å². The van der Waals surface area contributed by atoms with Crippen LogP contribution < -0.4 is 19.8 Å². The molecular weight excluding hydrogens is 424 g/mol. The van der Waals surface area contributed by atoms with Crippen molar-refractivity contribution < 1.29 is 18.7 Å². The number of hydrogen-bond acceptors (Lipinski definition) is 2. The molecule has 0 aliphatic carbocycles. The third-order valence-electron chi connectivity index (χ3n) is 5.78. The van der Waals surface area contributed by atoms with E-state index in [1.54, 1.807) is 24.5 Å². The van der Waals surface area contributed by atoms with Gasteiger partial charge in [0.1, 0.15) is 25.2 Å². The molecule has 0 saturated carbocycles. The number of anilines is 2. The van der Waals surface area contributed by atoms with E-state index in [1.165, 1.54) is 0 Å². The second-order valence-electron chi connectivity index (χ2n) is 8.33. The highest BCUT2D eigenvalue weighted by atomic mass is 16.2. The Labute approximate surface area is 197 Å². The summed E-state index contributed by atoms with van der Waals surface area (Å²) in [5.41, 5.74) is 2.58. The summed E-state index contributed by atoms with van der Waals surface area (Å²) in [6.45, 7) is 0. The molecule has 0 spiro atoms. The number of nitrogens with zero attached hydrogens (tertiary/aromatic N) is 2. The largest absolute Gasteiger partial charge is 0.321 e. The van der Waals surface area contributed by atoms with Crippen molar-refractivity contribution in [2.24, 2.45) is 14.1 Å². The molecule has 5 rings (SSSR count). The number of aryl methyl sites for hydroxylation is 2. The summed E-state index contributed by atoms with van der Waals surface area (Å²) in [5, 5.41) is 9.89. The minimum Gasteiger partial charge on any atom is -0.321 e. The molecule has 6 heteroatoms. The quantitative estimate of drug-likeness (QED) is 0.321. The summed E-state index contributed by atoms with van der Waals surface area (Å²) >= 11 is 0. The summed E-state index contributed by atoms with van der Waals surface area (Å²) in [7, 11) is 3.76. The molecule has 6 nitrogen and oxygen atoms in total. The van der Waals surface area contributed by atoms with E-state index in [1.807, 2.05) is 90.2 Å². The van der Waals surface area contributed by atoms with Gasteiger partial charge in [-0.15, -0.1) is 0 Å². The molecule has 0 bridgehead atoms. The van der Waals surface area contributed by atoms with Crippen molar-refractivity contribution in [2.75, 3.05) is 10.6 Å². The van der Waals surface area contributed by atoms with Crippen LogP contribution in [0.1, 0.15) is 20.7 Å². The van der Waals surface area contributed by atoms with Gasteiger partial charge in [0.2, 0.25) is 0 Å². The number of carbonyl (C=O) groups excluding carboxylic acids is 2. The van der Waals surface area contributed by atoms with Gasteiger partial charge in [0.15, 0.2) is 24.8 Å². The minimum atomic E-state index is -0.178. The third kappa shape index (κ3) is 4.21. The lowest BCUT2D eigenvalue weighted by Gasteiger charge is -2.13. The number of rotatable bonds is 4. The molecule has 0 saturated heterocycles. The topological polar surface area (TPSA) is 66.0 Å². The van der Waals surface area contributed by atoms with Gasteiger partial charge in [0.05, 0.1) is 0 Å². The molecular formula is C28H24N4O2+2. The molecule has 2 aromatic heterocycles. The van der Waals surface area contributed by atoms with Crippen molar-refractivity contribution in [3.63, 3.8) is 0 Å². The molecule has 0 unspecified atom stereocenters. The van der Waals surface area contributed by atoms with E-state index >= 15 is 0 Å². The summed E-state index contributed by atoms with van der Waals surface area (Å²) in [4.78, 5) is 25.8. The fourth-order valence-corrected chi connectivity index (χ4v) is 4.10. The number of nitrogens with one attached hydrogen (secondary N) is 2. The standard InChI is InChI=1S/C28H22N4O2/c1-31-13-5-9-21(17-31)27(33)29-25-11-3-7-19-15-20-8-4-12-26(24(20)16-23(19)25)30-28(34)22-10-6-14-32(2)18-22/h3-18H,1-2H3/p+2. The normalized spacial score (nSPS) is 10.9. The first-order chi connectivity index (χ1) is 16.5. The Kier molecular flexibility index (Phi) is 5.47. The maximum absolute atomic E-state index is 12.9. The van der Waals surface area contributed by atoms with Crippen LogP contribution in [0.4, 0.5) is 11.4 Å². The number of aromatic nitrogens is 2. The van der Waals surface area contributed by atoms with Crippen LogP contribution in [0, 0.1) is 0 Å². The summed E-state index contributed by atoms with van der Waals surface area (Å²) < 4.78 is 3.68. The monoisotopic (exact) mass is 448 g/mol. The molecule has 5 aromatic rings. The van der Waals surface area contributed by atoms with Gasteiger partial charge in [-0.05, 0) is 47.2 Å². The lowest BCUT2D eigenvalue weighted by molar-refractivity contribution is -0.671. The molecule has 166 valence electrons. The molecule has 0 fully saturated rings. The Balaban J connectivity index is 1.54. The number of fused-ring (bicyclic) bond motifs is 2. The van der Waals surface area contributed by atoms with Gasteiger partial charge in [0, 0.05) is 34.3 Å². The highest BCUT2D eigenvalue weighted by Crippen LogP contribution is 2.32. The molecule has 34 heavy (non-hydrogen) atoms. The first kappa shape index (κ1) is 21.3. The molecule has 0 atom stereocenters. The maximum Gasteiger partial charge on any atom is 0.261 e. The van der Waals surface area contributed by atoms with Crippen molar-refractivity contribution in [2.45, 2.75) is 0 Å². The van der Waals surface area contributed by atoms with E-state index in [4.69, 9.17) is 0 Å². The van der Waals surface area contributed by atoms with E-state index in [2.05, 4.69) is 16.7 Å². The van der Waals surface area contributed by atoms with Crippen molar-refractivity contribution in [3.8, 4) is 0 Å². The molecule has 0 radical (unpaired) electrons. The van der Waals surface area contributed by atoms with Gasteiger partial charge in [-0.2, -0.15) is 0 Å². The van der Waals surface area contributed by atoms with Crippen LogP contribution in [0.25, 0.3) is 21.5 Å². The van der Waals surface area contributed by atoms with E-state index in [0.29, 0.717) is 22.5 Å². The fraction of sp³-hybridized carbons (Fsp3) is 0.0714. The second kappa shape index (κ2) is 8.75. The predicted molar refractivity (Wildman–Crippen MR) is 133 cm³/mol. The highest BCUT2D eigenvalue weighted by Gasteiger charge is 2.14. The fourth-order valence-electron chi connectivity index (χ4n) is 4.10. The summed E-state index contributed by atoms with van der Waals surface area (Å²) in [6, 6.07) is 23.0. The van der Waals surface area contributed by atoms with Gasteiger partial charge in [-0.25, -0.2) is 9.13 Å². The highest BCUT2D eigenvalue weighted by molar-refractivity contribution is 6.15. The zero-order valence-corrected chi connectivity index (χ0v) is 18.9. The van der Waals surface area contributed by atoms with Gasteiger partial charge in [-0.3, -0.25) is 9.59 Å². The van der Waals surface area contributed by atoms with Crippen LogP contribution in [0.2, 0.25) is 0 Å². The van der Waals surface area contributed by atoms with Crippen LogP contribution >= 0.6 is 0 Å². The van der Waals surface area contributed by atoms with E-state index in [9.17, 15) is 9.59 Å². The van der Waals surface area contributed by atoms with Gasteiger partial charge in [-0.1, -0.05) is 24.3 Å². The molecule has 2 N–H and O–H groups in total. The van der Waals surface area contributed by atoms with Crippen molar-refractivity contribution in [1.29, 1.82) is 0 Å². The van der Waals surface area contributed by atoms with Gasteiger partial charge in [0.25, 0.3) is 11.8 Å². The smallest absolute Gasteiger partial charge is 0.261 e. The number of carbonyl (C=O) groups is 2. The Morgan fingerprint density at radius 1 is 0.618 bits per heavy atom. The lowest BCUT2D eigenvalue weighted by Crippen LogP contribution is -2.28. The Hall–Kier alpha value is -4.58. The van der Waals surface area contributed by atoms with Crippen molar-refractivity contribution in [1.82, 2.24) is 0 Å². The van der Waals surface area contributed by atoms with E-state index in [0.717, 1.165) is 21.5 Å². The van der Waals surface area contributed by atoms with E-state index in [-0.39, 0.29) is 11.8 Å². The summed E-state index contributed by atoms with van der Waals surface area (Å²) in [6.07, 6.45) is 7.33. The zero-order valence-electron chi connectivity index (χ0n) is 18.9. The van der Waals surface area contributed by atoms with Crippen LogP contribution in [-0.2, 0) is 14.1 Å². The second-order valence-corrected chi connectivity index (χ2v) is 8.33. The number of amides is 2. The molecule has 2 amide bonds. The SMILES string of the molecule is C[n+]1cccc(C(=O)Nc2cccc3cc4cccc(NC(=O)c5ccc[n+](C)c5)c4cc23)c1. The Morgan fingerprint density at radius 2 is 1.09 bits per heavy atom. The average molecular weight is 449 g/mol. The maximum atomic E-state index is 12.9. The van der Waals surface area contributed by atoms with Gasteiger partial charge >= 0.3 is 0 Å². The van der Waals surface area contributed by atoms with Crippen LogP contribution in [0.5, 0.6) is 0 Å². The van der Waals surface area contributed by atoms with Crippen molar-refractivity contribution >= 4 is 44.7 Å². The number of hydrogen-bond donors (Lipinski definition) is 2. The zero-order chi connectivity index (χ0) is 23.7. The first-order valence-electron chi connectivity index (χ1n) is 11.0. The average Bonchev–Trinajstić information content (AvgIpc) is 2.83. The molecule has 2 heterocycles. The predicted octanol–water partition coefficient (Wildman–Crippen LogP) is 4.15. The minimum absolute atomic E-state index is 0.178. The summed E-state index contributed by atoms with van der Waals surface area (Å²) in [5.74, 6) is -0.357. The number of pyridine rings is 2. The Morgan fingerprint density at radius 3 is 1.53 bits per heavy atom. The molecule has 0 aliphatic rings. The lowest BCUT2D eigenvalue weighted by atomic mass is 10.0. The first-order valence-corrected chi connectivity index (χ1v) is 11.0. The van der Waals surface area contributed by atoms with Crippen LogP contribution in [-0.4, -0.2) is 11.8 Å². The van der Waals surface area contributed by atoms with Crippen LogP contribution in [0.15, 0.2) is 97.6 Å². The van der Waals surface area contributed by atoms with Gasteiger partial charge < -0.3 is 10.6 Å². The van der Waals surface area contributed by atoms with Crippen molar-refractivity contribution in [3.05, 3.63) is 109 Å². The molecule has 3 aromatic carbocycles. The number of benzene rings is 3. The molecule has 0 aliphatic heterocycles. The Bertz CT molecular complexity index is 1460. The third-order valence-corrected chi connectivity index (χ3v) is 5.78. The van der Waals surface area contributed by atoms with Crippen LogP contribution in [0.3, 0.4) is 0 Å².